The van der Waals surface area contributed by atoms with Gasteiger partial charge in [-0.2, -0.15) is 0 Å². The predicted octanol–water partition coefficient (Wildman–Crippen LogP) is 0.933. The Morgan fingerprint density at radius 1 is 1.26 bits per heavy atom. The van der Waals surface area contributed by atoms with Gasteiger partial charge in [-0.3, -0.25) is 4.79 Å². The van der Waals surface area contributed by atoms with E-state index in [2.05, 4.69) is 4.72 Å². The van der Waals surface area contributed by atoms with E-state index in [0.717, 1.165) is 4.31 Å². The lowest BCUT2D eigenvalue weighted by atomic mass is 10.2. The Bertz CT molecular complexity index is 798. The van der Waals surface area contributed by atoms with Crippen LogP contribution in [0.15, 0.2) is 29.2 Å². The molecule has 1 aromatic carbocycles. The van der Waals surface area contributed by atoms with E-state index in [0.29, 0.717) is 6.54 Å². The molecule has 9 heteroatoms. The van der Waals surface area contributed by atoms with Crippen molar-refractivity contribution in [3.05, 3.63) is 24.3 Å². The van der Waals surface area contributed by atoms with Crippen LogP contribution >= 0.6 is 0 Å². The maximum atomic E-state index is 12.1. The van der Waals surface area contributed by atoms with Crippen molar-refractivity contribution in [3.63, 3.8) is 0 Å². The molecule has 1 aromatic rings. The fraction of sp³-hybridized carbons (Fsp3) is 0.500. The summed E-state index contributed by atoms with van der Waals surface area (Å²) >= 11 is 0. The van der Waals surface area contributed by atoms with Gasteiger partial charge in [0, 0.05) is 6.54 Å². The molecule has 1 N–H and O–H groups in total. The molecule has 23 heavy (non-hydrogen) atoms. The molecular formula is C14H20N2O5S2. The number of amides is 1. The number of rotatable bonds is 5. The summed E-state index contributed by atoms with van der Waals surface area (Å²) in [5.41, 5.74) is 0.155. The SMILES string of the molecule is CC(C)CNS(=O)(=O)c1ccc(N2C(=O)C(C)CS2(=O)=O)cc1. The zero-order chi connectivity index (χ0) is 17.4. The molecule has 2 rings (SSSR count). The highest BCUT2D eigenvalue weighted by molar-refractivity contribution is 7.94. The monoisotopic (exact) mass is 360 g/mol. The first-order valence-corrected chi connectivity index (χ1v) is 10.3. The van der Waals surface area contributed by atoms with Crippen LogP contribution in [0.3, 0.4) is 0 Å². The molecule has 1 aliphatic heterocycles. The molecule has 1 unspecified atom stereocenters. The number of benzene rings is 1. The largest absolute Gasteiger partial charge is 0.273 e. The first-order chi connectivity index (χ1) is 10.5. The Morgan fingerprint density at radius 2 is 1.83 bits per heavy atom. The van der Waals surface area contributed by atoms with Crippen LogP contribution in [0.2, 0.25) is 0 Å². The van der Waals surface area contributed by atoms with Crippen molar-refractivity contribution in [1.29, 1.82) is 0 Å². The summed E-state index contributed by atoms with van der Waals surface area (Å²) in [6.07, 6.45) is 0. The second kappa shape index (κ2) is 6.21. The van der Waals surface area contributed by atoms with E-state index in [1.807, 2.05) is 13.8 Å². The molecule has 1 fully saturated rings. The first-order valence-electron chi connectivity index (χ1n) is 7.21. The Hall–Kier alpha value is -1.45. The highest BCUT2D eigenvalue weighted by atomic mass is 32.2. The Labute approximate surface area is 136 Å². The smallest absolute Gasteiger partial charge is 0.244 e. The number of anilines is 1. The maximum absolute atomic E-state index is 12.1. The highest BCUT2D eigenvalue weighted by Gasteiger charge is 2.41. The zero-order valence-corrected chi connectivity index (χ0v) is 14.8. The van der Waals surface area contributed by atoms with E-state index < -0.39 is 31.9 Å². The van der Waals surface area contributed by atoms with E-state index in [1.165, 1.54) is 24.3 Å². The Kier molecular flexibility index (Phi) is 4.84. The van der Waals surface area contributed by atoms with Crippen LogP contribution in [0.25, 0.3) is 0 Å². The lowest BCUT2D eigenvalue weighted by Crippen LogP contribution is -2.30. The lowest BCUT2D eigenvalue weighted by Gasteiger charge is -2.16. The average Bonchev–Trinajstić information content (AvgIpc) is 2.65. The summed E-state index contributed by atoms with van der Waals surface area (Å²) in [6, 6.07) is 5.25. The fourth-order valence-corrected chi connectivity index (χ4v) is 5.24. The first kappa shape index (κ1) is 17.9. The van der Waals surface area contributed by atoms with Crippen LogP contribution in [-0.2, 0) is 24.8 Å². The number of nitrogens with zero attached hydrogens (tertiary/aromatic N) is 1. The second-order valence-electron chi connectivity index (χ2n) is 6.02. The van der Waals surface area contributed by atoms with Crippen LogP contribution < -0.4 is 9.03 Å². The van der Waals surface area contributed by atoms with Gasteiger partial charge in [0.25, 0.3) is 0 Å². The van der Waals surface area contributed by atoms with Crippen molar-refractivity contribution in [2.24, 2.45) is 11.8 Å². The molecule has 0 saturated carbocycles. The summed E-state index contributed by atoms with van der Waals surface area (Å²) < 4.78 is 51.5. The van der Waals surface area contributed by atoms with Crippen LogP contribution in [0.5, 0.6) is 0 Å². The zero-order valence-electron chi connectivity index (χ0n) is 13.2. The Balaban J connectivity index is 2.28. The standard InChI is InChI=1S/C14H20N2O5S2/c1-10(2)8-15-23(20,21)13-6-4-12(5-7-13)16-14(17)11(3)9-22(16,18)19/h4-7,10-11,15H,8-9H2,1-3H3. The summed E-state index contributed by atoms with van der Waals surface area (Å²) in [7, 11) is -7.34. The van der Waals surface area contributed by atoms with Crippen LogP contribution in [-0.4, -0.2) is 35.0 Å². The molecular weight excluding hydrogens is 340 g/mol. The van der Waals surface area contributed by atoms with E-state index in [4.69, 9.17) is 0 Å². The molecule has 128 valence electrons. The number of hydrogen-bond donors (Lipinski definition) is 1. The minimum absolute atomic E-state index is 0.0268. The van der Waals surface area contributed by atoms with Gasteiger partial charge >= 0.3 is 0 Å². The molecule has 1 saturated heterocycles. The third-order valence-electron chi connectivity index (χ3n) is 3.42. The maximum Gasteiger partial charge on any atom is 0.244 e. The molecule has 7 nitrogen and oxygen atoms in total. The van der Waals surface area contributed by atoms with Crippen LogP contribution in [0, 0.1) is 11.8 Å². The predicted molar refractivity (Wildman–Crippen MR) is 86.9 cm³/mol. The summed E-state index contributed by atoms with van der Waals surface area (Å²) in [5.74, 6) is -1.17. The van der Waals surface area contributed by atoms with Gasteiger partial charge in [-0.1, -0.05) is 20.8 Å². The number of carbonyl (C=O) groups excluding carboxylic acids is 1. The van der Waals surface area contributed by atoms with Gasteiger partial charge in [0.1, 0.15) is 0 Å². The molecule has 0 radical (unpaired) electrons. The topological polar surface area (TPSA) is 101 Å². The van der Waals surface area contributed by atoms with Crippen molar-refractivity contribution < 1.29 is 21.6 Å². The summed E-state index contributed by atoms with van der Waals surface area (Å²) in [4.78, 5) is 12.0. The Morgan fingerprint density at radius 3 is 2.26 bits per heavy atom. The average molecular weight is 360 g/mol. The molecule has 0 bridgehead atoms. The summed E-state index contributed by atoms with van der Waals surface area (Å²) in [5, 5.41) is 0. The van der Waals surface area contributed by atoms with E-state index >= 15 is 0 Å². The normalized spacial score (nSPS) is 21.1. The lowest BCUT2D eigenvalue weighted by molar-refractivity contribution is -0.119. The highest BCUT2D eigenvalue weighted by Crippen LogP contribution is 2.28. The third kappa shape index (κ3) is 3.73. The molecule has 1 amide bonds. The van der Waals surface area contributed by atoms with E-state index in [9.17, 15) is 21.6 Å². The van der Waals surface area contributed by atoms with Gasteiger partial charge < -0.3 is 0 Å². The molecule has 0 spiro atoms. The van der Waals surface area contributed by atoms with Gasteiger partial charge in [0.15, 0.2) is 0 Å². The van der Waals surface area contributed by atoms with Gasteiger partial charge in [0.2, 0.25) is 26.0 Å². The van der Waals surface area contributed by atoms with Crippen molar-refractivity contribution in [2.75, 3.05) is 16.6 Å². The summed E-state index contributed by atoms with van der Waals surface area (Å²) in [6.45, 7) is 5.63. The molecule has 1 aliphatic rings. The number of sulfonamides is 2. The number of nitrogens with one attached hydrogen (secondary N) is 1. The minimum Gasteiger partial charge on any atom is -0.273 e. The van der Waals surface area contributed by atoms with Gasteiger partial charge in [0.05, 0.1) is 22.3 Å². The molecule has 1 heterocycles. The number of hydrogen-bond acceptors (Lipinski definition) is 5. The van der Waals surface area contributed by atoms with Crippen LogP contribution in [0.1, 0.15) is 20.8 Å². The molecule has 1 atom stereocenters. The van der Waals surface area contributed by atoms with Gasteiger partial charge in [-0.05, 0) is 30.2 Å². The van der Waals surface area contributed by atoms with E-state index in [-0.39, 0.29) is 22.3 Å². The van der Waals surface area contributed by atoms with Gasteiger partial charge in [-0.15, -0.1) is 0 Å². The molecule has 0 aliphatic carbocycles. The van der Waals surface area contributed by atoms with Crippen molar-refractivity contribution in [3.8, 4) is 0 Å². The fourth-order valence-electron chi connectivity index (χ4n) is 2.21. The third-order valence-corrected chi connectivity index (χ3v) is 6.73. The quantitative estimate of drug-likeness (QED) is 0.842. The van der Waals surface area contributed by atoms with Crippen molar-refractivity contribution >= 4 is 31.6 Å². The van der Waals surface area contributed by atoms with Crippen LogP contribution in [0.4, 0.5) is 5.69 Å². The number of carbonyl (C=O) groups is 1. The minimum atomic E-state index is -3.69. The second-order valence-corrected chi connectivity index (χ2v) is 9.65. The molecule has 0 aromatic heterocycles. The van der Waals surface area contributed by atoms with E-state index in [1.54, 1.807) is 6.92 Å². The van der Waals surface area contributed by atoms with Crippen molar-refractivity contribution in [2.45, 2.75) is 25.7 Å². The van der Waals surface area contributed by atoms with Crippen molar-refractivity contribution in [1.82, 2.24) is 4.72 Å². The van der Waals surface area contributed by atoms with Gasteiger partial charge in [-0.25, -0.2) is 25.9 Å².